The largest absolute Gasteiger partial charge is 0.494 e. The van der Waals surface area contributed by atoms with Crippen LogP contribution in [-0.2, 0) is 25.7 Å². The van der Waals surface area contributed by atoms with Crippen LogP contribution in [0.25, 0.3) is 0 Å². The summed E-state index contributed by atoms with van der Waals surface area (Å²) in [4.78, 5) is 44.3. The predicted molar refractivity (Wildman–Crippen MR) is 169 cm³/mol. The van der Waals surface area contributed by atoms with Gasteiger partial charge in [-0.2, -0.15) is 0 Å². The number of benzene rings is 2. The molecule has 234 valence electrons. The third-order valence-electron chi connectivity index (χ3n) is 10.4. The van der Waals surface area contributed by atoms with E-state index in [2.05, 4.69) is 38.3 Å². The lowest BCUT2D eigenvalue weighted by Crippen LogP contribution is -2.57. The molecule has 2 aromatic rings. The number of anilines is 1. The fourth-order valence-electron chi connectivity index (χ4n) is 7.78. The standard InChI is InChI=1S/C36H45N3O5/c1-6-43-28-13-8-7-11-25(28)20-39-32(34(41)38-27-12-9-10-22(4)23(27)5)36-19-18-29(44-36)30(31(36)35(39)42)33(40)37-26-16-14-24(15-17-26)21(2)3/h7-8,11,13-19,21-23,27,29-32H,6,9-10,12,20H2,1-5H3,(H,37,40)(H,38,41)/t22-,23-,27+,29+,30+,31+,32-,36-/m0/s1. The summed E-state index contributed by atoms with van der Waals surface area (Å²) in [6.45, 7) is 11.2. The molecular weight excluding hydrogens is 554 g/mol. The second kappa shape index (κ2) is 12.0. The van der Waals surface area contributed by atoms with Crippen molar-refractivity contribution < 1.29 is 23.9 Å². The first-order valence-electron chi connectivity index (χ1n) is 16.2. The zero-order valence-electron chi connectivity index (χ0n) is 26.4. The van der Waals surface area contributed by atoms with E-state index in [-0.39, 0.29) is 30.3 Å². The normalized spacial score (nSPS) is 32.2. The smallest absolute Gasteiger partial charge is 0.246 e. The molecule has 6 rings (SSSR count). The van der Waals surface area contributed by atoms with Gasteiger partial charge in [0.1, 0.15) is 17.4 Å². The lowest BCUT2D eigenvalue weighted by Gasteiger charge is -2.38. The van der Waals surface area contributed by atoms with Gasteiger partial charge in [-0.1, -0.05) is 83.0 Å². The van der Waals surface area contributed by atoms with Crippen molar-refractivity contribution in [2.24, 2.45) is 23.7 Å². The van der Waals surface area contributed by atoms with E-state index in [9.17, 15) is 14.4 Å². The van der Waals surface area contributed by atoms with Crippen LogP contribution in [0.4, 0.5) is 5.69 Å². The lowest BCUT2D eigenvalue weighted by atomic mass is 9.73. The maximum Gasteiger partial charge on any atom is 0.246 e. The van der Waals surface area contributed by atoms with E-state index in [0.717, 1.165) is 24.8 Å². The number of carbonyl (C=O) groups is 3. The van der Waals surface area contributed by atoms with Gasteiger partial charge in [0, 0.05) is 17.3 Å². The van der Waals surface area contributed by atoms with E-state index in [4.69, 9.17) is 9.47 Å². The van der Waals surface area contributed by atoms with E-state index in [1.54, 1.807) is 4.90 Å². The van der Waals surface area contributed by atoms with Gasteiger partial charge in [0.15, 0.2) is 0 Å². The molecule has 1 saturated carbocycles. The molecule has 8 heteroatoms. The van der Waals surface area contributed by atoms with Crippen molar-refractivity contribution in [3.05, 3.63) is 71.8 Å². The summed E-state index contributed by atoms with van der Waals surface area (Å²) in [7, 11) is 0. The minimum Gasteiger partial charge on any atom is -0.494 e. The quantitative estimate of drug-likeness (QED) is 0.375. The van der Waals surface area contributed by atoms with Gasteiger partial charge in [0.25, 0.3) is 0 Å². The molecule has 2 N–H and O–H groups in total. The highest BCUT2D eigenvalue weighted by atomic mass is 16.5. The van der Waals surface area contributed by atoms with Crippen molar-refractivity contribution in [1.82, 2.24) is 10.2 Å². The van der Waals surface area contributed by atoms with Crippen LogP contribution in [-0.4, -0.2) is 53.0 Å². The fourth-order valence-corrected chi connectivity index (χ4v) is 7.78. The molecule has 0 unspecified atom stereocenters. The van der Waals surface area contributed by atoms with Crippen LogP contribution in [0.5, 0.6) is 5.75 Å². The molecule has 0 aromatic heterocycles. The van der Waals surface area contributed by atoms with Gasteiger partial charge in [-0.25, -0.2) is 0 Å². The molecule has 3 aliphatic heterocycles. The van der Waals surface area contributed by atoms with Gasteiger partial charge in [-0.05, 0) is 54.9 Å². The summed E-state index contributed by atoms with van der Waals surface area (Å²) in [5.74, 6) is -0.448. The van der Waals surface area contributed by atoms with Crippen molar-refractivity contribution in [3.8, 4) is 5.75 Å². The Balaban J connectivity index is 1.32. The van der Waals surface area contributed by atoms with Gasteiger partial charge in [-0.15, -0.1) is 0 Å². The Kier molecular flexibility index (Phi) is 8.31. The first-order valence-corrected chi connectivity index (χ1v) is 16.2. The van der Waals surface area contributed by atoms with Crippen molar-refractivity contribution in [3.63, 3.8) is 0 Å². The summed E-state index contributed by atoms with van der Waals surface area (Å²) in [5, 5.41) is 6.36. The second-order valence-electron chi connectivity index (χ2n) is 13.4. The molecule has 3 fully saturated rings. The number of amides is 3. The Labute approximate surface area is 260 Å². The molecule has 1 aliphatic carbocycles. The molecule has 0 radical (unpaired) electrons. The van der Waals surface area contributed by atoms with E-state index in [1.807, 2.05) is 67.6 Å². The predicted octanol–water partition coefficient (Wildman–Crippen LogP) is 5.44. The van der Waals surface area contributed by atoms with Crippen molar-refractivity contribution in [2.45, 2.75) is 90.1 Å². The third-order valence-corrected chi connectivity index (χ3v) is 10.4. The van der Waals surface area contributed by atoms with Gasteiger partial charge >= 0.3 is 0 Å². The van der Waals surface area contributed by atoms with E-state index >= 15 is 0 Å². The highest BCUT2D eigenvalue weighted by Gasteiger charge is 2.72. The number of likely N-dealkylation sites (tertiary alicyclic amines) is 1. The first kappa shape index (κ1) is 30.4. The van der Waals surface area contributed by atoms with Crippen LogP contribution in [0.15, 0.2) is 60.7 Å². The number of nitrogens with zero attached hydrogens (tertiary/aromatic N) is 1. The number of ether oxygens (including phenoxy) is 2. The number of fused-ring (bicyclic) bond motifs is 1. The molecule has 4 aliphatic rings. The van der Waals surface area contributed by atoms with Crippen LogP contribution < -0.4 is 15.4 Å². The van der Waals surface area contributed by atoms with Crippen LogP contribution in [0.3, 0.4) is 0 Å². The summed E-state index contributed by atoms with van der Waals surface area (Å²) in [6, 6.07) is 14.5. The molecular formula is C36H45N3O5. The molecule has 3 heterocycles. The Morgan fingerprint density at radius 3 is 2.55 bits per heavy atom. The van der Waals surface area contributed by atoms with Crippen molar-refractivity contribution in [2.75, 3.05) is 11.9 Å². The molecule has 2 saturated heterocycles. The maximum atomic E-state index is 14.5. The topological polar surface area (TPSA) is 97.0 Å². The average Bonchev–Trinajstić information content (AvgIpc) is 3.64. The number of hydrogen-bond donors (Lipinski definition) is 2. The Hall–Kier alpha value is -3.65. The molecule has 2 bridgehead atoms. The molecule has 44 heavy (non-hydrogen) atoms. The van der Waals surface area contributed by atoms with Gasteiger partial charge in [-0.3, -0.25) is 14.4 Å². The highest BCUT2D eigenvalue weighted by molar-refractivity contribution is 6.02. The van der Waals surface area contributed by atoms with Crippen molar-refractivity contribution in [1.29, 1.82) is 0 Å². The van der Waals surface area contributed by atoms with E-state index < -0.39 is 29.6 Å². The van der Waals surface area contributed by atoms with Crippen LogP contribution in [0.1, 0.15) is 70.9 Å². The molecule has 2 aromatic carbocycles. The SMILES string of the molecule is CCOc1ccccc1CN1C(=O)[C@H]2[C@H](C(=O)Nc3ccc(C(C)C)cc3)[C@H]3C=C[C@@]2(O3)[C@@H]1C(=O)N[C@@H]1CCC[C@H](C)[C@@H]1C. The third kappa shape index (κ3) is 5.21. The minimum absolute atomic E-state index is 0.0184. The zero-order valence-corrected chi connectivity index (χ0v) is 26.4. The molecule has 1 spiro atoms. The molecule has 3 amide bonds. The molecule has 8 nitrogen and oxygen atoms in total. The Morgan fingerprint density at radius 2 is 1.82 bits per heavy atom. The van der Waals surface area contributed by atoms with Crippen LogP contribution in [0, 0.1) is 23.7 Å². The minimum atomic E-state index is -1.22. The molecule has 8 atom stereocenters. The Morgan fingerprint density at radius 1 is 1.07 bits per heavy atom. The average molecular weight is 600 g/mol. The first-order chi connectivity index (χ1) is 21.1. The Bertz CT molecular complexity index is 1440. The highest BCUT2D eigenvalue weighted by Crippen LogP contribution is 2.55. The summed E-state index contributed by atoms with van der Waals surface area (Å²) >= 11 is 0. The second-order valence-corrected chi connectivity index (χ2v) is 13.4. The number of para-hydroxylation sites is 1. The lowest BCUT2D eigenvalue weighted by molar-refractivity contribution is -0.142. The number of hydrogen-bond acceptors (Lipinski definition) is 5. The van der Waals surface area contributed by atoms with Gasteiger partial charge in [0.05, 0.1) is 31.1 Å². The fraction of sp³-hybridized carbons (Fsp3) is 0.528. The van der Waals surface area contributed by atoms with E-state index in [0.29, 0.717) is 35.8 Å². The summed E-state index contributed by atoms with van der Waals surface area (Å²) in [6.07, 6.45) is 6.25. The van der Waals surface area contributed by atoms with Crippen LogP contribution >= 0.6 is 0 Å². The number of nitrogens with one attached hydrogen (secondary N) is 2. The summed E-state index contributed by atoms with van der Waals surface area (Å²) in [5.41, 5.74) is 1.43. The maximum absolute atomic E-state index is 14.5. The summed E-state index contributed by atoms with van der Waals surface area (Å²) < 4.78 is 12.4. The van der Waals surface area contributed by atoms with Gasteiger partial charge in [0.2, 0.25) is 17.7 Å². The zero-order chi connectivity index (χ0) is 31.2. The van der Waals surface area contributed by atoms with Gasteiger partial charge < -0.3 is 25.0 Å². The van der Waals surface area contributed by atoms with E-state index in [1.165, 1.54) is 5.56 Å². The number of carbonyl (C=O) groups excluding carboxylic acids is 3. The number of rotatable bonds is 9. The van der Waals surface area contributed by atoms with Crippen molar-refractivity contribution >= 4 is 23.4 Å². The monoisotopic (exact) mass is 599 g/mol. The van der Waals surface area contributed by atoms with Crippen LogP contribution in [0.2, 0.25) is 0 Å².